The number of thiophene rings is 1. The van der Waals surface area contributed by atoms with Gasteiger partial charge in [-0.2, -0.15) is 0 Å². The van der Waals surface area contributed by atoms with Crippen LogP contribution in [0.25, 0.3) is 10.2 Å². The van der Waals surface area contributed by atoms with Gasteiger partial charge in [0, 0.05) is 22.7 Å². The number of benzene rings is 1. The van der Waals surface area contributed by atoms with Crippen molar-refractivity contribution in [2.75, 3.05) is 12.3 Å². The van der Waals surface area contributed by atoms with E-state index in [1.165, 1.54) is 40.7 Å². The Bertz CT molecular complexity index is 1060. The molecule has 1 aromatic carbocycles. The number of thioether (sulfide) groups is 1. The van der Waals surface area contributed by atoms with Gasteiger partial charge in [-0.3, -0.25) is 4.79 Å². The zero-order chi connectivity index (χ0) is 20.5. The summed E-state index contributed by atoms with van der Waals surface area (Å²) in [6.07, 6.45) is 6.73. The van der Waals surface area contributed by atoms with Crippen molar-refractivity contribution in [1.82, 2.24) is 15.3 Å². The summed E-state index contributed by atoms with van der Waals surface area (Å²) in [5.41, 5.74) is 2.69. The first-order chi connectivity index (χ1) is 14.7. The monoisotopic (exact) mass is 437 g/mol. The predicted molar refractivity (Wildman–Crippen MR) is 124 cm³/mol. The van der Waals surface area contributed by atoms with Gasteiger partial charge in [-0.05, 0) is 55.6 Å². The summed E-state index contributed by atoms with van der Waals surface area (Å²) in [6.45, 7) is 3.01. The fourth-order valence-corrected chi connectivity index (χ4v) is 6.48. The Morgan fingerprint density at radius 2 is 2.03 bits per heavy atom. The van der Waals surface area contributed by atoms with Crippen molar-refractivity contribution in [1.29, 1.82) is 0 Å². The molecule has 1 N–H and O–H groups in total. The number of hydrogen-bond acceptors (Lipinski definition) is 5. The minimum atomic E-state index is 0.0772. The maximum absolute atomic E-state index is 12.5. The van der Waals surface area contributed by atoms with E-state index in [1.54, 1.807) is 11.8 Å². The van der Waals surface area contributed by atoms with Crippen LogP contribution in [0.4, 0.5) is 0 Å². The molecule has 156 valence electrons. The van der Waals surface area contributed by atoms with E-state index in [0.29, 0.717) is 18.2 Å². The van der Waals surface area contributed by atoms with Gasteiger partial charge < -0.3 is 5.32 Å². The maximum atomic E-state index is 12.5. The molecule has 0 spiro atoms. The standard InChI is InChI=1S/C24H27N3OS2/c1-15-7-10-18-19(13-15)30-24-21(18)23(26-22(27-24)17-8-9-17)29-14-20(28)25-12-11-16-5-3-2-4-6-16/h2-6,15,17H,7-14H2,1H3,(H,25,28). The quantitative estimate of drug-likeness (QED) is 0.410. The molecule has 2 aliphatic carbocycles. The number of amides is 1. The van der Waals surface area contributed by atoms with Crippen LogP contribution in [0.5, 0.6) is 0 Å². The van der Waals surface area contributed by atoms with E-state index in [-0.39, 0.29) is 5.91 Å². The summed E-state index contributed by atoms with van der Waals surface area (Å²) >= 11 is 3.44. The Balaban J connectivity index is 1.30. The Hall–Kier alpha value is -1.92. The molecule has 5 rings (SSSR count). The number of nitrogens with one attached hydrogen (secondary N) is 1. The topological polar surface area (TPSA) is 54.9 Å². The fraction of sp³-hybridized carbons (Fsp3) is 0.458. The van der Waals surface area contributed by atoms with Crippen molar-refractivity contribution in [2.45, 2.75) is 56.4 Å². The molecule has 1 unspecified atom stereocenters. The number of hydrogen-bond donors (Lipinski definition) is 1. The highest BCUT2D eigenvalue weighted by Gasteiger charge is 2.30. The van der Waals surface area contributed by atoms with E-state index in [0.717, 1.165) is 40.9 Å². The number of fused-ring (bicyclic) bond motifs is 3. The summed E-state index contributed by atoms with van der Waals surface area (Å²) in [7, 11) is 0. The summed E-state index contributed by atoms with van der Waals surface area (Å²) in [4.78, 5) is 25.0. The lowest BCUT2D eigenvalue weighted by molar-refractivity contribution is -0.118. The SMILES string of the molecule is CC1CCc2c(sc3nc(C4CC4)nc(SCC(=O)NCCc4ccccc4)c23)C1. The smallest absolute Gasteiger partial charge is 0.230 e. The third-order valence-corrected chi connectivity index (χ3v) is 8.12. The molecule has 3 aromatic rings. The first-order valence-electron chi connectivity index (χ1n) is 10.9. The van der Waals surface area contributed by atoms with E-state index >= 15 is 0 Å². The lowest BCUT2D eigenvalue weighted by Crippen LogP contribution is -2.27. The number of aryl methyl sites for hydroxylation is 1. The second-order valence-electron chi connectivity index (χ2n) is 8.57. The highest BCUT2D eigenvalue weighted by atomic mass is 32.2. The van der Waals surface area contributed by atoms with Crippen molar-refractivity contribution in [3.63, 3.8) is 0 Å². The van der Waals surface area contributed by atoms with Crippen molar-refractivity contribution in [2.24, 2.45) is 5.92 Å². The third kappa shape index (κ3) is 4.40. The molecular formula is C24H27N3OS2. The minimum Gasteiger partial charge on any atom is -0.355 e. The van der Waals surface area contributed by atoms with Crippen LogP contribution in [0, 0.1) is 5.92 Å². The van der Waals surface area contributed by atoms with Crippen molar-refractivity contribution < 1.29 is 4.79 Å². The van der Waals surface area contributed by atoms with Crippen molar-refractivity contribution >= 4 is 39.2 Å². The van der Waals surface area contributed by atoms with Gasteiger partial charge in [0.1, 0.15) is 15.7 Å². The second kappa shape index (κ2) is 8.67. The highest BCUT2D eigenvalue weighted by Crippen LogP contribution is 2.44. The molecule has 1 amide bonds. The number of carbonyl (C=O) groups is 1. The number of aromatic nitrogens is 2. The van der Waals surface area contributed by atoms with E-state index in [1.807, 2.05) is 29.5 Å². The number of carbonyl (C=O) groups excluding carboxylic acids is 1. The van der Waals surface area contributed by atoms with Crippen LogP contribution in [0.1, 0.15) is 53.9 Å². The molecule has 0 radical (unpaired) electrons. The average Bonchev–Trinajstić information content (AvgIpc) is 3.53. The zero-order valence-corrected chi connectivity index (χ0v) is 19.0. The molecule has 0 bridgehead atoms. The summed E-state index contributed by atoms with van der Waals surface area (Å²) < 4.78 is 0. The van der Waals surface area contributed by atoms with Gasteiger partial charge in [0.15, 0.2) is 0 Å². The number of nitrogens with zero attached hydrogens (tertiary/aromatic N) is 2. The molecule has 1 atom stereocenters. The van der Waals surface area contributed by atoms with Crippen LogP contribution in [-0.4, -0.2) is 28.2 Å². The molecule has 1 fully saturated rings. The van der Waals surface area contributed by atoms with Gasteiger partial charge in [0.25, 0.3) is 0 Å². The third-order valence-electron chi connectivity index (χ3n) is 6.00. The zero-order valence-electron chi connectivity index (χ0n) is 17.3. The lowest BCUT2D eigenvalue weighted by Gasteiger charge is -2.18. The van der Waals surface area contributed by atoms with Gasteiger partial charge in [-0.15, -0.1) is 11.3 Å². The summed E-state index contributed by atoms with van der Waals surface area (Å²) in [5.74, 6) is 2.74. The average molecular weight is 438 g/mol. The Morgan fingerprint density at radius 1 is 1.20 bits per heavy atom. The van der Waals surface area contributed by atoms with E-state index in [4.69, 9.17) is 9.97 Å². The molecule has 30 heavy (non-hydrogen) atoms. The highest BCUT2D eigenvalue weighted by molar-refractivity contribution is 8.00. The van der Waals surface area contributed by atoms with E-state index in [2.05, 4.69) is 24.4 Å². The maximum Gasteiger partial charge on any atom is 0.230 e. The first-order valence-corrected chi connectivity index (χ1v) is 12.7. The van der Waals surface area contributed by atoms with Gasteiger partial charge in [0.05, 0.1) is 5.75 Å². The van der Waals surface area contributed by atoms with Crippen molar-refractivity contribution in [3.8, 4) is 0 Å². The van der Waals surface area contributed by atoms with Gasteiger partial charge >= 0.3 is 0 Å². The molecule has 0 aliphatic heterocycles. The molecule has 2 heterocycles. The Labute approximate surface area is 185 Å². The largest absolute Gasteiger partial charge is 0.355 e. The minimum absolute atomic E-state index is 0.0772. The Kier molecular flexibility index (Phi) is 5.79. The van der Waals surface area contributed by atoms with Crippen molar-refractivity contribution in [3.05, 3.63) is 52.2 Å². The van der Waals surface area contributed by atoms with Crippen LogP contribution >= 0.6 is 23.1 Å². The fourth-order valence-electron chi connectivity index (χ4n) is 4.13. The van der Waals surface area contributed by atoms with Crippen LogP contribution in [0.15, 0.2) is 35.4 Å². The van der Waals surface area contributed by atoms with Crippen LogP contribution in [-0.2, 0) is 24.1 Å². The molecule has 2 aromatic heterocycles. The molecule has 1 saturated carbocycles. The molecule has 6 heteroatoms. The predicted octanol–water partition coefficient (Wildman–Crippen LogP) is 5.14. The lowest BCUT2D eigenvalue weighted by atomic mass is 9.89. The summed E-state index contributed by atoms with van der Waals surface area (Å²) in [5, 5.41) is 5.31. The summed E-state index contributed by atoms with van der Waals surface area (Å²) in [6, 6.07) is 10.3. The first kappa shape index (κ1) is 20.0. The number of rotatable bonds is 7. The van der Waals surface area contributed by atoms with Crippen LogP contribution in [0.3, 0.4) is 0 Å². The normalized spacial score (nSPS) is 18.4. The van der Waals surface area contributed by atoms with E-state index in [9.17, 15) is 4.79 Å². The Morgan fingerprint density at radius 3 is 2.83 bits per heavy atom. The second-order valence-corrected chi connectivity index (χ2v) is 10.6. The van der Waals surface area contributed by atoms with Crippen LogP contribution < -0.4 is 5.32 Å². The van der Waals surface area contributed by atoms with Gasteiger partial charge in [-0.25, -0.2) is 9.97 Å². The van der Waals surface area contributed by atoms with E-state index < -0.39 is 0 Å². The molecule has 0 saturated heterocycles. The van der Waals surface area contributed by atoms with Gasteiger partial charge in [0.2, 0.25) is 5.91 Å². The van der Waals surface area contributed by atoms with Crippen LogP contribution in [0.2, 0.25) is 0 Å². The molecule has 4 nitrogen and oxygen atoms in total. The molecule has 2 aliphatic rings. The van der Waals surface area contributed by atoms with Gasteiger partial charge in [-0.1, -0.05) is 49.0 Å². The molecular weight excluding hydrogens is 410 g/mol.